The van der Waals surface area contributed by atoms with Gasteiger partial charge in [0.25, 0.3) is 11.1 Å². The Kier molecular flexibility index (Phi) is 4.57. The Morgan fingerprint density at radius 2 is 1.96 bits per heavy atom. The molecule has 1 aromatic heterocycles. The van der Waals surface area contributed by atoms with Crippen molar-refractivity contribution in [3.8, 4) is 0 Å². The highest BCUT2D eigenvalue weighted by atomic mass is 19.1. The molecule has 24 heavy (non-hydrogen) atoms. The molecular formula is C16H16FN3O4. The van der Waals surface area contributed by atoms with Gasteiger partial charge in [0, 0.05) is 18.7 Å². The summed E-state index contributed by atoms with van der Waals surface area (Å²) in [7, 11) is 0. The van der Waals surface area contributed by atoms with Gasteiger partial charge >= 0.3 is 0 Å². The van der Waals surface area contributed by atoms with E-state index in [-0.39, 0.29) is 24.4 Å². The molecule has 1 saturated heterocycles. The normalized spacial score (nSPS) is 17.7. The molecule has 126 valence electrons. The van der Waals surface area contributed by atoms with Gasteiger partial charge in [-0.05, 0) is 17.7 Å². The Bertz CT molecular complexity index is 843. The molecule has 0 aliphatic carbocycles. The summed E-state index contributed by atoms with van der Waals surface area (Å²) in [4.78, 5) is 36.9. The summed E-state index contributed by atoms with van der Waals surface area (Å²) in [6, 6.07) is 8.15. The predicted molar refractivity (Wildman–Crippen MR) is 83.0 cm³/mol. The van der Waals surface area contributed by atoms with Crippen molar-refractivity contribution in [2.24, 2.45) is 0 Å². The molecule has 2 heterocycles. The summed E-state index contributed by atoms with van der Waals surface area (Å²) in [5.74, 6) is -0.635. The van der Waals surface area contributed by atoms with E-state index in [9.17, 15) is 18.8 Å². The first-order valence-electron chi connectivity index (χ1n) is 7.48. The Hall–Kier alpha value is -2.74. The van der Waals surface area contributed by atoms with Crippen LogP contribution in [0.3, 0.4) is 0 Å². The number of nitrogens with zero attached hydrogens (tertiary/aromatic N) is 2. The molecule has 8 heteroatoms. The fraction of sp³-hybridized carbons (Fsp3) is 0.312. The van der Waals surface area contributed by atoms with Crippen molar-refractivity contribution in [1.82, 2.24) is 14.7 Å². The number of amides is 1. The Balaban J connectivity index is 1.71. The lowest BCUT2D eigenvalue weighted by Gasteiger charge is -2.33. The molecule has 1 aliphatic heterocycles. The molecule has 1 atom stereocenters. The van der Waals surface area contributed by atoms with Crippen LogP contribution in [0.1, 0.15) is 11.7 Å². The molecule has 0 spiro atoms. The van der Waals surface area contributed by atoms with Crippen LogP contribution in [0.25, 0.3) is 0 Å². The van der Waals surface area contributed by atoms with Gasteiger partial charge in [-0.1, -0.05) is 12.1 Å². The highest BCUT2D eigenvalue weighted by Gasteiger charge is 2.25. The number of nitrogens with one attached hydrogen (secondary N) is 1. The number of hydrogen-bond donors (Lipinski definition) is 1. The maximum Gasteiger partial charge on any atom is 0.265 e. The number of benzene rings is 1. The smallest absolute Gasteiger partial charge is 0.265 e. The van der Waals surface area contributed by atoms with E-state index in [1.165, 1.54) is 12.1 Å². The summed E-state index contributed by atoms with van der Waals surface area (Å²) >= 11 is 0. The van der Waals surface area contributed by atoms with E-state index < -0.39 is 11.1 Å². The third kappa shape index (κ3) is 3.60. The molecule has 1 aromatic carbocycles. The first-order chi connectivity index (χ1) is 11.5. The molecule has 0 saturated carbocycles. The second-order valence-electron chi connectivity index (χ2n) is 5.48. The molecule has 3 rings (SSSR count). The Morgan fingerprint density at radius 1 is 1.21 bits per heavy atom. The number of aromatic amines is 1. The number of ether oxygens (including phenoxy) is 1. The molecule has 1 unspecified atom stereocenters. The van der Waals surface area contributed by atoms with Crippen LogP contribution in [0, 0.1) is 5.82 Å². The molecule has 1 aliphatic rings. The van der Waals surface area contributed by atoms with Crippen LogP contribution in [0.15, 0.2) is 46.0 Å². The van der Waals surface area contributed by atoms with E-state index in [1.807, 2.05) is 0 Å². The van der Waals surface area contributed by atoms with Crippen LogP contribution in [0.5, 0.6) is 0 Å². The van der Waals surface area contributed by atoms with E-state index in [0.29, 0.717) is 19.7 Å². The first kappa shape index (κ1) is 16.1. The van der Waals surface area contributed by atoms with Crippen molar-refractivity contribution in [2.45, 2.75) is 12.6 Å². The average Bonchev–Trinajstić information content (AvgIpc) is 2.59. The number of carbonyl (C=O) groups is 1. The zero-order valence-electron chi connectivity index (χ0n) is 12.8. The van der Waals surface area contributed by atoms with Gasteiger partial charge in [0.1, 0.15) is 18.5 Å². The van der Waals surface area contributed by atoms with Crippen LogP contribution in [0.2, 0.25) is 0 Å². The second kappa shape index (κ2) is 6.79. The van der Waals surface area contributed by atoms with Gasteiger partial charge in [-0.2, -0.15) is 0 Å². The van der Waals surface area contributed by atoms with Gasteiger partial charge in [-0.3, -0.25) is 19.5 Å². The zero-order valence-corrected chi connectivity index (χ0v) is 12.8. The lowest BCUT2D eigenvalue weighted by atomic mass is 10.1. The first-order valence-corrected chi connectivity index (χ1v) is 7.48. The third-order valence-corrected chi connectivity index (χ3v) is 3.84. The molecule has 1 fully saturated rings. The highest BCUT2D eigenvalue weighted by molar-refractivity contribution is 5.76. The lowest BCUT2D eigenvalue weighted by molar-refractivity contribution is -0.140. The van der Waals surface area contributed by atoms with Crippen LogP contribution in [-0.4, -0.2) is 40.3 Å². The standard InChI is InChI=1S/C16H16FN3O4/c17-12-3-1-11(2-4-12)13-9-19(7-8-24-13)16(23)10-20-15(22)6-5-14(21)18-20/h1-6,13H,7-10H2,(H,18,21). The molecule has 1 amide bonds. The van der Waals surface area contributed by atoms with Crippen molar-refractivity contribution < 1.29 is 13.9 Å². The van der Waals surface area contributed by atoms with Gasteiger partial charge in [-0.15, -0.1) is 0 Å². The predicted octanol–water partition coefficient (Wildman–Crippen LogP) is 0.276. The Labute approximate surface area is 136 Å². The van der Waals surface area contributed by atoms with Gasteiger partial charge in [-0.25, -0.2) is 9.07 Å². The maximum absolute atomic E-state index is 13.0. The van der Waals surface area contributed by atoms with Crippen molar-refractivity contribution >= 4 is 5.91 Å². The number of carbonyl (C=O) groups excluding carboxylic acids is 1. The monoisotopic (exact) mass is 333 g/mol. The summed E-state index contributed by atoms with van der Waals surface area (Å²) in [6.45, 7) is 0.789. The van der Waals surface area contributed by atoms with E-state index in [2.05, 4.69) is 5.10 Å². The van der Waals surface area contributed by atoms with E-state index in [0.717, 1.165) is 22.4 Å². The SMILES string of the molecule is O=C(Cn1[nH]c(=O)ccc1=O)N1CCOC(c2ccc(F)cc2)C1. The summed E-state index contributed by atoms with van der Waals surface area (Å²) in [6.07, 6.45) is -0.352. The molecule has 0 bridgehead atoms. The number of H-pyrrole nitrogens is 1. The van der Waals surface area contributed by atoms with E-state index >= 15 is 0 Å². The minimum Gasteiger partial charge on any atom is -0.370 e. The topological polar surface area (TPSA) is 84.4 Å². The summed E-state index contributed by atoms with van der Waals surface area (Å²) in [5, 5.41) is 2.32. The van der Waals surface area contributed by atoms with Crippen molar-refractivity contribution in [2.75, 3.05) is 19.7 Å². The molecule has 2 aromatic rings. The van der Waals surface area contributed by atoms with Crippen molar-refractivity contribution in [3.63, 3.8) is 0 Å². The second-order valence-corrected chi connectivity index (χ2v) is 5.48. The largest absolute Gasteiger partial charge is 0.370 e. The van der Waals surface area contributed by atoms with Gasteiger partial charge in [0.2, 0.25) is 5.91 Å². The number of morpholine rings is 1. The Morgan fingerprint density at radius 3 is 2.71 bits per heavy atom. The van der Waals surface area contributed by atoms with Crippen LogP contribution in [0.4, 0.5) is 4.39 Å². The quantitative estimate of drug-likeness (QED) is 0.874. The summed E-state index contributed by atoms with van der Waals surface area (Å²) in [5.41, 5.74) is -0.126. The van der Waals surface area contributed by atoms with Gasteiger partial charge < -0.3 is 9.64 Å². The minimum atomic E-state index is -0.453. The molecule has 1 N–H and O–H groups in total. The number of hydrogen-bond acceptors (Lipinski definition) is 4. The van der Waals surface area contributed by atoms with E-state index in [4.69, 9.17) is 4.74 Å². The van der Waals surface area contributed by atoms with Crippen molar-refractivity contribution in [3.05, 3.63) is 68.5 Å². The fourth-order valence-electron chi connectivity index (χ4n) is 2.57. The van der Waals surface area contributed by atoms with Crippen LogP contribution < -0.4 is 11.1 Å². The van der Waals surface area contributed by atoms with E-state index in [1.54, 1.807) is 17.0 Å². The minimum absolute atomic E-state index is 0.245. The van der Waals surface area contributed by atoms with Crippen molar-refractivity contribution in [1.29, 1.82) is 0 Å². The molecular weight excluding hydrogens is 317 g/mol. The number of rotatable bonds is 3. The number of aromatic nitrogens is 2. The van der Waals surface area contributed by atoms with Gasteiger partial charge in [0.05, 0.1) is 13.2 Å². The van der Waals surface area contributed by atoms with Crippen LogP contribution in [-0.2, 0) is 16.1 Å². The third-order valence-electron chi connectivity index (χ3n) is 3.84. The zero-order chi connectivity index (χ0) is 17.1. The van der Waals surface area contributed by atoms with Gasteiger partial charge in [0.15, 0.2) is 0 Å². The summed E-state index contributed by atoms with van der Waals surface area (Å²) < 4.78 is 19.6. The average molecular weight is 333 g/mol. The molecule has 7 nitrogen and oxygen atoms in total. The highest BCUT2D eigenvalue weighted by Crippen LogP contribution is 2.22. The lowest BCUT2D eigenvalue weighted by Crippen LogP contribution is -2.45. The molecule has 0 radical (unpaired) electrons. The number of halogens is 1. The fourth-order valence-corrected chi connectivity index (χ4v) is 2.57. The van der Waals surface area contributed by atoms with Crippen LogP contribution >= 0.6 is 0 Å². The maximum atomic E-state index is 13.0.